The number of benzene rings is 2. The Kier molecular flexibility index (Phi) is 3.40. The maximum absolute atomic E-state index is 6.31. The van der Waals surface area contributed by atoms with E-state index in [0.717, 1.165) is 29.4 Å². The quantitative estimate of drug-likeness (QED) is 0.856. The van der Waals surface area contributed by atoms with E-state index in [9.17, 15) is 0 Å². The van der Waals surface area contributed by atoms with Gasteiger partial charge in [-0.15, -0.1) is 0 Å². The lowest BCUT2D eigenvalue weighted by Crippen LogP contribution is -2.33. The molecule has 1 fully saturated rings. The number of fused-ring (bicyclic) bond motifs is 5. The van der Waals surface area contributed by atoms with Crippen LogP contribution in [0, 0.1) is 0 Å². The van der Waals surface area contributed by atoms with Gasteiger partial charge >= 0.3 is 0 Å². The molecular formula is C20H21NO4. The normalized spacial score (nSPS) is 26.1. The molecule has 3 aliphatic rings. The van der Waals surface area contributed by atoms with Crippen LogP contribution in [0.4, 0.5) is 0 Å². The fraction of sp³-hybridized carbons (Fsp3) is 0.400. The third kappa shape index (κ3) is 2.30. The lowest BCUT2D eigenvalue weighted by atomic mass is 9.69. The van der Waals surface area contributed by atoms with Gasteiger partial charge in [-0.05, 0) is 48.0 Å². The van der Waals surface area contributed by atoms with E-state index in [-0.39, 0.29) is 6.23 Å². The zero-order valence-corrected chi connectivity index (χ0v) is 14.4. The highest BCUT2D eigenvalue weighted by Gasteiger charge is 2.50. The average molecular weight is 339 g/mol. The molecule has 0 saturated carbocycles. The Labute approximate surface area is 147 Å². The molecule has 0 spiro atoms. The molecule has 2 aliphatic heterocycles. The van der Waals surface area contributed by atoms with Crippen molar-refractivity contribution in [2.75, 3.05) is 27.5 Å². The molecule has 1 saturated heterocycles. The summed E-state index contributed by atoms with van der Waals surface area (Å²) in [6.45, 7) is 1.90. The van der Waals surface area contributed by atoms with Crippen LogP contribution < -0.4 is 14.2 Å². The molecule has 0 radical (unpaired) electrons. The van der Waals surface area contributed by atoms with Crippen LogP contribution in [0.2, 0.25) is 0 Å². The molecule has 1 aliphatic carbocycles. The van der Waals surface area contributed by atoms with Crippen LogP contribution in [0.5, 0.6) is 17.2 Å². The Morgan fingerprint density at radius 2 is 1.96 bits per heavy atom. The van der Waals surface area contributed by atoms with Crippen molar-refractivity contribution in [3.8, 4) is 17.2 Å². The Morgan fingerprint density at radius 1 is 1.08 bits per heavy atom. The summed E-state index contributed by atoms with van der Waals surface area (Å²) in [5.41, 5.74) is 3.91. The van der Waals surface area contributed by atoms with Crippen molar-refractivity contribution < 1.29 is 18.9 Å². The molecule has 3 unspecified atom stereocenters. The third-order valence-corrected chi connectivity index (χ3v) is 5.57. The molecule has 0 N–H and O–H groups in total. The van der Waals surface area contributed by atoms with Crippen molar-refractivity contribution >= 4 is 0 Å². The molecule has 130 valence electrons. The van der Waals surface area contributed by atoms with E-state index < -0.39 is 0 Å². The molecule has 0 aromatic heterocycles. The van der Waals surface area contributed by atoms with Crippen LogP contribution in [-0.4, -0.2) is 38.6 Å². The van der Waals surface area contributed by atoms with Gasteiger partial charge in [-0.25, -0.2) is 0 Å². The van der Waals surface area contributed by atoms with Gasteiger partial charge in [-0.1, -0.05) is 12.1 Å². The third-order valence-electron chi connectivity index (χ3n) is 5.57. The summed E-state index contributed by atoms with van der Waals surface area (Å²) < 4.78 is 22.5. The molecule has 5 nitrogen and oxygen atoms in total. The van der Waals surface area contributed by atoms with E-state index in [1.54, 1.807) is 7.11 Å². The number of methoxy groups -OCH3 is 1. The van der Waals surface area contributed by atoms with Gasteiger partial charge in [0.25, 0.3) is 0 Å². The Hall–Kier alpha value is -2.24. The standard InChI is InChI=1S/C20H21NO4/c1-21-9-16-14-5-4-13(22-2)8-15(14)19(16)20(21)23-10-12-3-6-17-18(7-12)25-11-24-17/h3-8,16,19-20H,9-11H2,1-2H3. The van der Waals surface area contributed by atoms with Gasteiger partial charge in [0, 0.05) is 18.4 Å². The van der Waals surface area contributed by atoms with E-state index in [1.807, 2.05) is 18.2 Å². The van der Waals surface area contributed by atoms with Gasteiger partial charge in [0.05, 0.1) is 13.7 Å². The Bertz CT molecular complexity index is 821. The van der Waals surface area contributed by atoms with Crippen molar-refractivity contribution in [1.29, 1.82) is 0 Å². The minimum Gasteiger partial charge on any atom is -0.497 e. The van der Waals surface area contributed by atoms with Crippen LogP contribution >= 0.6 is 0 Å². The Morgan fingerprint density at radius 3 is 2.84 bits per heavy atom. The van der Waals surface area contributed by atoms with E-state index in [4.69, 9.17) is 18.9 Å². The predicted molar refractivity (Wildman–Crippen MR) is 92.2 cm³/mol. The molecule has 0 bridgehead atoms. The predicted octanol–water partition coefficient (Wildman–Crippen LogP) is 3.09. The molecule has 0 amide bonds. The second kappa shape index (κ2) is 5.64. The van der Waals surface area contributed by atoms with E-state index in [2.05, 4.69) is 30.1 Å². The van der Waals surface area contributed by atoms with Crippen LogP contribution in [0.1, 0.15) is 28.5 Å². The average Bonchev–Trinajstić information content (AvgIpc) is 3.20. The summed E-state index contributed by atoms with van der Waals surface area (Å²) in [5.74, 6) is 3.51. The highest BCUT2D eigenvalue weighted by molar-refractivity contribution is 5.51. The summed E-state index contributed by atoms with van der Waals surface area (Å²) >= 11 is 0. The number of likely N-dealkylation sites (tertiary alicyclic amines) is 1. The van der Waals surface area contributed by atoms with Crippen molar-refractivity contribution in [3.63, 3.8) is 0 Å². The zero-order valence-electron chi connectivity index (χ0n) is 14.4. The first-order valence-corrected chi connectivity index (χ1v) is 8.63. The number of nitrogens with zero attached hydrogens (tertiary/aromatic N) is 1. The molecule has 5 rings (SSSR count). The van der Waals surface area contributed by atoms with Crippen LogP contribution in [-0.2, 0) is 11.3 Å². The lowest BCUT2D eigenvalue weighted by Gasteiger charge is -2.37. The van der Waals surface area contributed by atoms with Gasteiger partial charge in [-0.3, -0.25) is 4.90 Å². The summed E-state index contributed by atoms with van der Waals surface area (Å²) in [7, 11) is 3.85. The lowest BCUT2D eigenvalue weighted by molar-refractivity contribution is -0.0454. The van der Waals surface area contributed by atoms with Crippen LogP contribution in [0.3, 0.4) is 0 Å². The highest BCUT2D eigenvalue weighted by Crippen LogP contribution is 2.55. The minimum absolute atomic E-state index is 0.0926. The van der Waals surface area contributed by atoms with E-state index in [1.165, 1.54) is 11.1 Å². The summed E-state index contributed by atoms with van der Waals surface area (Å²) in [6.07, 6.45) is 0.0926. The van der Waals surface area contributed by atoms with Gasteiger partial charge in [-0.2, -0.15) is 0 Å². The van der Waals surface area contributed by atoms with E-state index in [0.29, 0.717) is 25.2 Å². The summed E-state index contributed by atoms with van der Waals surface area (Å²) in [4.78, 5) is 2.31. The first-order valence-electron chi connectivity index (χ1n) is 8.63. The van der Waals surface area contributed by atoms with Crippen molar-refractivity contribution in [1.82, 2.24) is 4.90 Å². The SMILES string of the molecule is COc1ccc2c(c1)C1C2CN(C)C1OCc1ccc2c(c1)OCO2. The molecule has 2 aromatic carbocycles. The Balaban J connectivity index is 1.34. The smallest absolute Gasteiger partial charge is 0.231 e. The van der Waals surface area contributed by atoms with Gasteiger partial charge < -0.3 is 18.9 Å². The van der Waals surface area contributed by atoms with Crippen molar-refractivity contribution in [3.05, 3.63) is 53.1 Å². The maximum Gasteiger partial charge on any atom is 0.231 e. The van der Waals surface area contributed by atoms with Gasteiger partial charge in [0.15, 0.2) is 11.5 Å². The fourth-order valence-electron chi connectivity index (χ4n) is 4.32. The molecule has 5 heteroatoms. The topological polar surface area (TPSA) is 40.2 Å². The summed E-state index contributed by atoms with van der Waals surface area (Å²) in [6, 6.07) is 12.4. The first kappa shape index (κ1) is 15.0. The molecule has 2 aromatic rings. The number of likely N-dealkylation sites (N-methyl/N-ethyl adjacent to an activating group) is 1. The second-order valence-electron chi connectivity index (χ2n) is 6.96. The van der Waals surface area contributed by atoms with Crippen molar-refractivity contribution in [2.45, 2.75) is 24.7 Å². The molecule has 2 heterocycles. The van der Waals surface area contributed by atoms with Gasteiger partial charge in [0.1, 0.15) is 12.0 Å². The van der Waals surface area contributed by atoms with Crippen LogP contribution in [0.25, 0.3) is 0 Å². The maximum atomic E-state index is 6.31. The largest absolute Gasteiger partial charge is 0.497 e. The first-order chi connectivity index (χ1) is 12.2. The number of rotatable bonds is 4. The van der Waals surface area contributed by atoms with Crippen molar-refractivity contribution in [2.24, 2.45) is 0 Å². The fourth-order valence-corrected chi connectivity index (χ4v) is 4.32. The molecule has 25 heavy (non-hydrogen) atoms. The number of ether oxygens (including phenoxy) is 4. The zero-order chi connectivity index (χ0) is 17.0. The van der Waals surface area contributed by atoms with Crippen LogP contribution in [0.15, 0.2) is 36.4 Å². The molecule has 3 atom stereocenters. The van der Waals surface area contributed by atoms with Gasteiger partial charge in [0.2, 0.25) is 6.79 Å². The number of hydrogen-bond acceptors (Lipinski definition) is 5. The second-order valence-corrected chi connectivity index (χ2v) is 6.96. The highest BCUT2D eigenvalue weighted by atomic mass is 16.7. The van der Waals surface area contributed by atoms with E-state index >= 15 is 0 Å². The molecular weight excluding hydrogens is 318 g/mol. The summed E-state index contributed by atoms with van der Waals surface area (Å²) in [5, 5.41) is 0. The number of hydrogen-bond donors (Lipinski definition) is 0. The minimum atomic E-state index is 0.0926. The monoisotopic (exact) mass is 339 g/mol.